The van der Waals surface area contributed by atoms with Gasteiger partial charge in [0.2, 0.25) is 0 Å². The number of hydrogen-bond donors (Lipinski definition) is 1. The van der Waals surface area contributed by atoms with Crippen molar-refractivity contribution in [2.45, 2.75) is 60.1 Å². The van der Waals surface area contributed by atoms with E-state index in [9.17, 15) is 9.90 Å². The molecule has 0 unspecified atom stereocenters. The lowest BCUT2D eigenvalue weighted by Gasteiger charge is -2.35. The minimum Gasteiger partial charge on any atom is -0.495 e. The number of aryl methyl sites for hydroxylation is 6. The van der Waals surface area contributed by atoms with Crippen LogP contribution in [0.3, 0.4) is 0 Å². The second kappa shape index (κ2) is 16.5. The van der Waals surface area contributed by atoms with Crippen LogP contribution in [-0.4, -0.2) is 68.4 Å². The summed E-state index contributed by atoms with van der Waals surface area (Å²) in [7, 11) is 4.70. The van der Waals surface area contributed by atoms with Crippen LogP contribution in [0.2, 0.25) is 10.0 Å². The summed E-state index contributed by atoms with van der Waals surface area (Å²) in [5.41, 5.74) is 9.64. The molecule has 0 spiro atoms. The molecule has 5 heterocycles. The number of pyridine rings is 1. The standard InChI is InChI=1S/C47H46Cl2N6O6/c1-24-18-29(19-25(2)41(24)49)61-17-11-12-30-31-14-15-34(48)40(39-27(4)51-38(23-56)52-28(39)5)43(31)55-26(3)22-54(46(57)44(30)55)36-20-32(35-13-9-10-16-50-35)45(59-7)33-21-37(47(58)60-8)53(6)42(33)36/h9-10,13-16,18-21,26,56H,11-12,17,22-23H2,1-8H3/t26-/m1/s1. The number of nitrogens with zero attached hydrogens (tertiary/aromatic N) is 6. The van der Waals surface area contributed by atoms with Gasteiger partial charge in [-0.25, -0.2) is 14.8 Å². The maximum absolute atomic E-state index is 15.6. The van der Waals surface area contributed by atoms with E-state index in [-0.39, 0.29) is 25.1 Å². The first-order valence-electron chi connectivity index (χ1n) is 20.0. The lowest BCUT2D eigenvalue weighted by atomic mass is 9.97. The third-order valence-electron chi connectivity index (χ3n) is 11.6. The number of aliphatic hydroxyl groups is 1. The Balaban J connectivity index is 1.34. The van der Waals surface area contributed by atoms with Crippen LogP contribution in [0.1, 0.15) is 74.3 Å². The summed E-state index contributed by atoms with van der Waals surface area (Å²) in [6.07, 6.45) is 2.80. The van der Waals surface area contributed by atoms with Gasteiger partial charge in [-0.05, 0) is 107 Å². The fraction of sp³-hybridized carbons (Fsp3) is 0.298. The maximum Gasteiger partial charge on any atom is 0.354 e. The number of methoxy groups -OCH3 is 2. The number of esters is 1. The molecule has 1 amide bonds. The molecular weight excluding hydrogens is 815 g/mol. The average Bonchev–Trinajstić information content (AvgIpc) is 3.78. The molecular formula is C47H46Cl2N6O6. The summed E-state index contributed by atoms with van der Waals surface area (Å²) in [5, 5.41) is 12.6. The Bertz CT molecular complexity index is 2860. The predicted molar refractivity (Wildman–Crippen MR) is 239 cm³/mol. The maximum atomic E-state index is 15.6. The molecule has 0 saturated heterocycles. The molecule has 61 heavy (non-hydrogen) atoms. The fourth-order valence-corrected chi connectivity index (χ4v) is 9.32. The van der Waals surface area contributed by atoms with Crippen LogP contribution >= 0.6 is 23.2 Å². The number of ether oxygens (including phenoxy) is 3. The summed E-state index contributed by atoms with van der Waals surface area (Å²) in [6, 6.07) is 16.7. The number of halogens is 2. The third-order valence-corrected chi connectivity index (χ3v) is 12.5. The molecule has 0 aliphatic carbocycles. The first kappa shape index (κ1) is 41.8. The Morgan fingerprint density at radius 2 is 1.66 bits per heavy atom. The zero-order valence-corrected chi connectivity index (χ0v) is 36.8. The second-order valence-electron chi connectivity index (χ2n) is 15.5. The van der Waals surface area contributed by atoms with Crippen LogP contribution in [0.4, 0.5) is 5.69 Å². The highest BCUT2D eigenvalue weighted by Crippen LogP contribution is 2.48. The monoisotopic (exact) mass is 860 g/mol. The molecule has 3 aromatic carbocycles. The van der Waals surface area contributed by atoms with Crippen LogP contribution in [0, 0.1) is 27.7 Å². The van der Waals surface area contributed by atoms with Gasteiger partial charge in [0, 0.05) is 69.7 Å². The number of fused-ring (bicyclic) bond motifs is 4. The van der Waals surface area contributed by atoms with Crippen molar-refractivity contribution in [3.8, 4) is 33.9 Å². The van der Waals surface area contributed by atoms with Gasteiger partial charge in [0.15, 0.2) is 5.82 Å². The van der Waals surface area contributed by atoms with E-state index in [1.807, 2.05) is 76.2 Å². The van der Waals surface area contributed by atoms with Crippen LogP contribution < -0.4 is 14.4 Å². The molecule has 7 aromatic rings. The van der Waals surface area contributed by atoms with E-state index in [2.05, 4.69) is 26.4 Å². The van der Waals surface area contributed by atoms with Gasteiger partial charge < -0.3 is 33.4 Å². The number of rotatable bonds is 11. The summed E-state index contributed by atoms with van der Waals surface area (Å²) in [4.78, 5) is 44.5. The smallest absolute Gasteiger partial charge is 0.354 e. The summed E-state index contributed by atoms with van der Waals surface area (Å²) in [6.45, 7) is 10.1. The quantitative estimate of drug-likeness (QED) is 0.0997. The van der Waals surface area contributed by atoms with Crippen molar-refractivity contribution in [2.75, 3.05) is 32.3 Å². The summed E-state index contributed by atoms with van der Waals surface area (Å²) < 4.78 is 21.4. The van der Waals surface area contributed by atoms with Crippen LogP contribution in [0.5, 0.6) is 11.5 Å². The Hall–Kier alpha value is -5.95. The normalized spacial score (nSPS) is 13.9. The topological polar surface area (TPSA) is 134 Å². The lowest BCUT2D eigenvalue weighted by molar-refractivity contribution is 0.0590. The first-order chi connectivity index (χ1) is 29.3. The molecule has 1 N–H and O–H groups in total. The first-order valence-corrected chi connectivity index (χ1v) is 20.8. The second-order valence-corrected chi connectivity index (χ2v) is 16.3. The van der Waals surface area contributed by atoms with E-state index < -0.39 is 5.97 Å². The zero-order valence-electron chi connectivity index (χ0n) is 35.3. The van der Waals surface area contributed by atoms with Crippen molar-refractivity contribution in [3.05, 3.63) is 116 Å². The van der Waals surface area contributed by atoms with Crippen molar-refractivity contribution < 1.29 is 28.9 Å². The Kier molecular flexibility index (Phi) is 11.3. The van der Waals surface area contributed by atoms with Gasteiger partial charge in [-0.2, -0.15) is 0 Å². The number of carbonyl (C=O) groups excluding carboxylic acids is 2. The van der Waals surface area contributed by atoms with E-state index in [1.54, 1.807) is 35.9 Å². The van der Waals surface area contributed by atoms with Crippen molar-refractivity contribution in [2.24, 2.45) is 7.05 Å². The van der Waals surface area contributed by atoms with Gasteiger partial charge in [-0.1, -0.05) is 35.3 Å². The molecule has 14 heteroatoms. The number of amides is 1. The van der Waals surface area contributed by atoms with Crippen LogP contribution in [0.25, 0.3) is 44.2 Å². The Morgan fingerprint density at radius 3 is 2.30 bits per heavy atom. The Morgan fingerprint density at radius 1 is 0.934 bits per heavy atom. The molecule has 12 nitrogen and oxygen atoms in total. The molecule has 0 fully saturated rings. The number of benzene rings is 3. The van der Waals surface area contributed by atoms with Crippen LogP contribution in [0.15, 0.2) is 60.8 Å². The van der Waals surface area contributed by atoms with Crippen molar-refractivity contribution in [1.82, 2.24) is 24.1 Å². The number of anilines is 1. The number of aromatic nitrogens is 5. The van der Waals surface area contributed by atoms with Crippen molar-refractivity contribution >= 4 is 62.6 Å². The molecule has 1 atom stereocenters. The predicted octanol–water partition coefficient (Wildman–Crippen LogP) is 9.71. The fourth-order valence-electron chi connectivity index (χ4n) is 8.96. The van der Waals surface area contributed by atoms with E-state index in [0.717, 1.165) is 44.5 Å². The van der Waals surface area contributed by atoms with E-state index in [4.69, 9.17) is 37.4 Å². The lowest BCUT2D eigenvalue weighted by Crippen LogP contribution is -2.43. The molecule has 4 aromatic heterocycles. The molecule has 8 rings (SSSR count). The van der Waals surface area contributed by atoms with Crippen molar-refractivity contribution in [1.29, 1.82) is 0 Å². The van der Waals surface area contributed by atoms with Gasteiger partial charge in [0.05, 0.1) is 48.3 Å². The van der Waals surface area contributed by atoms with Gasteiger partial charge in [-0.3, -0.25) is 9.78 Å². The van der Waals surface area contributed by atoms with Gasteiger partial charge in [0.25, 0.3) is 5.91 Å². The van der Waals surface area contributed by atoms with E-state index in [1.165, 1.54) is 7.11 Å². The Labute approximate surface area is 363 Å². The number of hydrogen-bond acceptors (Lipinski definition) is 9. The molecule has 314 valence electrons. The largest absolute Gasteiger partial charge is 0.495 e. The van der Waals surface area contributed by atoms with Gasteiger partial charge >= 0.3 is 5.97 Å². The highest BCUT2D eigenvalue weighted by atomic mass is 35.5. The summed E-state index contributed by atoms with van der Waals surface area (Å²) in [5.74, 6) is 0.810. The highest BCUT2D eigenvalue weighted by Gasteiger charge is 2.38. The van der Waals surface area contributed by atoms with Gasteiger partial charge in [-0.15, -0.1) is 0 Å². The zero-order chi connectivity index (χ0) is 43.4. The minimum atomic E-state index is -0.524. The third kappa shape index (κ3) is 7.06. The van der Waals surface area contributed by atoms with Crippen LogP contribution in [-0.2, 0) is 24.8 Å². The molecule has 1 aliphatic rings. The number of aliphatic hydroxyl groups excluding tert-OH is 1. The molecule has 0 radical (unpaired) electrons. The van der Waals surface area contributed by atoms with E-state index in [0.29, 0.717) is 91.7 Å². The van der Waals surface area contributed by atoms with Crippen molar-refractivity contribution in [3.63, 3.8) is 0 Å². The minimum absolute atomic E-state index is 0.226. The summed E-state index contributed by atoms with van der Waals surface area (Å²) >= 11 is 13.6. The highest BCUT2D eigenvalue weighted by molar-refractivity contribution is 6.35. The molecule has 1 aliphatic heterocycles. The molecule has 0 bridgehead atoms. The molecule has 0 saturated carbocycles. The van der Waals surface area contributed by atoms with Gasteiger partial charge in [0.1, 0.15) is 29.5 Å². The average molecular weight is 862 g/mol. The number of carbonyl (C=O) groups is 2. The van der Waals surface area contributed by atoms with E-state index >= 15 is 4.79 Å². The SMILES string of the molecule is COC(=O)c1cc2c(OC)c(-c3ccccn3)cc(N3C[C@@H](C)n4c(c(CCCOc5cc(C)c(Cl)c(C)c5)c5ccc(Cl)c(-c6c(C)nc(CO)nc6C)c54)C3=O)c2n1C.